The molecule has 2 unspecified atom stereocenters. The number of nitrogens with zero attached hydrogens (tertiary/aromatic N) is 1. The van der Waals surface area contributed by atoms with Gasteiger partial charge in [0.1, 0.15) is 0 Å². The van der Waals surface area contributed by atoms with Gasteiger partial charge < -0.3 is 10.3 Å². The van der Waals surface area contributed by atoms with Gasteiger partial charge in [0, 0.05) is 31.5 Å². The zero-order valence-corrected chi connectivity index (χ0v) is 13.3. The van der Waals surface area contributed by atoms with Crippen molar-refractivity contribution in [1.29, 1.82) is 0 Å². The summed E-state index contributed by atoms with van der Waals surface area (Å²) >= 11 is 0. The summed E-state index contributed by atoms with van der Waals surface area (Å²) in [5.41, 5.74) is 0.906. The van der Waals surface area contributed by atoms with Crippen LogP contribution in [0.4, 0.5) is 0 Å². The van der Waals surface area contributed by atoms with Gasteiger partial charge in [-0.25, -0.2) is 8.42 Å². The Balaban J connectivity index is 2.15. The van der Waals surface area contributed by atoms with Crippen LogP contribution in [0.2, 0.25) is 0 Å². The summed E-state index contributed by atoms with van der Waals surface area (Å²) < 4.78 is 26.9. The Morgan fingerprint density at radius 3 is 2.60 bits per heavy atom. The van der Waals surface area contributed by atoms with E-state index in [1.165, 1.54) is 0 Å². The fourth-order valence-corrected chi connectivity index (χ4v) is 4.58. The van der Waals surface area contributed by atoms with E-state index in [4.69, 9.17) is 0 Å². The van der Waals surface area contributed by atoms with E-state index in [9.17, 15) is 8.42 Å². The number of piperidine rings is 1. The largest absolute Gasteiger partial charge is 0.363 e. The molecule has 2 heterocycles. The van der Waals surface area contributed by atoms with Crippen molar-refractivity contribution < 1.29 is 8.42 Å². The molecule has 114 valence electrons. The second kappa shape index (κ2) is 6.28. The third-order valence-electron chi connectivity index (χ3n) is 3.75. The van der Waals surface area contributed by atoms with E-state index in [1.54, 1.807) is 16.6 Å². The van der Waals surface area contributed by atoms with Crippen LogP contribution in [0, 0.1) is 11.8 Å². The van der Waals surface area contributed by atoms with Gasteiger partial charge in [-0.05, 0) is 30.9 Å². The van der Waals surface area contributed by atoms with Crippen molar-refractivity contribution >= 4 is 10.0 Å². The van der Waals surface area contributed by atoms with Crippen molar-refractivity contribution in [2.75, 3.05) is 19.6 Å². The molecule has 1 fully saturated rings. The molecule has 1 aliphatic rings. The van der Waals surface area contributed by atoms with E-state index < -0.39 is 10.0 Å². The molecule has 1 aromatic heterocycles. The molecule has 1 saturated heterocycles. The van der Waals surface area contributed by atoms with Gasteiger partial charge in [-0.2, -0.15) is 4.31 Å². The van der Waals surface area contributed by atoms with Crippen LogP contribution in [0.1, 0.15) is 32.9 Å². The number of sulfonamides is 1. The molecule has 0 spiro atoms. The first-order valence-electron chi connectivity index (χ1n) is 7.31. The average Bonchev–Trinajstić information content (AvgIpc) is 2.84. The Hall–Kier alpha value is -0.850. The van der Waals surface area contributed by atoms with Crippen LogP contribution >= 0.6 is 0 Å². The van der Waals surface area contributed by atoms with Crippen LogP contribution in [0.5, 0.6) is 0 Å². The van der Waals surface area contributed by atoms with Crippen molar-refractivity contribution in [2.45, 2.75) is 38.6 Å². The van der Waals surface area contributed by atoms with Crippen molar-refractivity contribution in [1.82, 2.24) is 14.6 Å². The molecule has 0 aromatic carbocycles. The van der Waals surface area contributed by atoms with E-state index in [-0.39, 0.29) is 0 Å². The summed E-state index contributed by atoms with van der Waals surface area (Å²) in [6.07, 6.45) is 2.71. The van der Waals surface area contributed by atoms with Gasteiger partial charge in [0.05, 0.1) is 4.90 Å². The lowest BCUT2D eigenvalue weighted by Gasteiger charge is -2.33. The van der Waals surface area contributed by atoms with Gasteiger partial charge in [-0.3, -0.25) is 0 Å². The standard InChI is InChI=1S/C14H25N3O2S/c1-4-15-7-13-6-14(8-16-13)20(18,19)17-9-11(2)5-12(3)10-17/h6,8,11-12,15-16H,4-5,7,9-10H2,1-3H3. The highest BCUT2D eigenvalue weighted by Gasteiger charge is 2.32. The minimum absolute atomic E-state index is 0.381. The maximum Gasteiger partial charge on any atom is 0.244 e. The molecule has 1 aromatic rings. The molecular formula is C14H25N3O2S. The van der Waals surface area contributed by atoms with Gasteiger partial charge in [0.25, 0.3) is 0 Å². The van der Waals surface area contributed by atoms with Crippen LogP contribution < -0.4 is 5.32 Å². The predicted octanol–water partition coefficient (Wildman–Crippen LogP) is 1.79. The number of aromatic nitrogens is 1. The Kier molecular flexibility index (Phi) is 4.88. The second-order valence-electron chi connectivity index (χ2n) is 5.91. The SMILES string of the molecule is CCNCc1cc(S(=O)(=O)N2CC(C)CC(C)C2)c[nH]1. The highest BCUT2D eigenvalue weighted by atomic mass is 32.2. The number of nitrogens with one attached hydrogen (secondary N) is 2. The zero-order chi connectivity index (χ0) is 14.8. The van der Waals surface area contributed by atoms with Gasteiger partial charge in [0.15, 0.2) is 0 Å². The van der Waals surface area contributed by atoms with Crippen molar-refractivity contribution in [3.63, 3.8) is 0 Å². The van der Waals surface area contributed by atoms with Crippen molar-refractivity contribution in [3.05, 3.63) is 18.0 Å². The van der Waals surface area contributed by atoms with Crippen LogP contribution in [0.25, 0.3) is 0 Å². The molecule has 0 saturated carbocycles. The predicted molar refractivity (Wildman–Crippen MR) is 79.9 cm³/mol. The zero-order valence-electron chi connectivity index (χ0n) is 12.5. The molecule has 0 amide bonds. The molecule has 0 aliphatic carbocycles. The first-order chi connectivity index (χ1) is 9.43. The lowest BCUT2D eigenvalue weighted by atomic mass is 9.94. The smallest absolute Gasteiger partial charge is 0.244 e. The number of H-pyrrole nitrogens is 1. The molecule has 1 aliphatic heterocycles. The van der Waals surface area contributed by atoms with E-state index in [2.05, 4.69) is 24.1 Å². The van der Waals surface area contributed by atoms with E-state index >= 15 is 0 Å². The summed E-state index contributed by atoms with van der Waals surface area (Å²) in [5.74, 6) is 0.849. The number of hydrogen-bond donors (Lipinski definition) is 2. The molecule has 2 atom stereocenters. The van der Waals surface area contributed by atoms with E-state index in [0.717, 1.165) is 18.7 Å². The maximum absolute atomic E-state index is 12.7. The molecule has 0 radical (unpaired) electrons. The topological polar surface area (TPSA) is 65.2 Å². The van der Waals surface area contributed by atoms with Crippen LogP contribution in [0.3, 0.4) is 0 Å². The quantitative estimate of drug-likeness (QED) is 0.871. The monoisotopic (exact) mass is 299 g/mol. The van der Waals surface area contributed by atoms with Crippen LogP contribution in [0.15, 0.2) is 17.2 Å². The summed E-state index contributed by atoms with van der Waals surface area (Å²) in [4.78, 5) is 3.42. The second-order valence-corrected chi connectivity index (χ2v) is 7.85. The highest BCUT2D eigenvalue weighted by Crippen LogP contribution is 2.26. The number of aromatic amines is 1. The Labute approximate surface area is 121 Å². The minimum Gasteiger partial charge on any atom is -0.363 e. The summed E-state index contributed by atoms with van der Waals surface area (Å²) in [5, 5.41) is 3.18. The first-order valence-corrected chi connectivity index (χ1v) is 8.75. The molecular weight excluding hydrogens is 274 g/mol. The Morgan fingerprint density at radius 2 is 2.00 bits per heavy atom. The van der Waals surface area contributed by atoms with Crippen LogP contribution in [-0.2, 0) is 16.6 Å². The Bertz CT molecular complexity index is 528. The molecule has 2 N–H and O–H groups in total. The molecule has 6 heteroatoms. The minimum atomic E-state index is -3.36. The average molecular weight is 299 g/mol. The summed E-state index contributed by atoms with van der Waals surface area (Å²) in [6, 6.07) is 1.74. The first kappa shape index (κ1) is 15.5. The lowest BCUT2D eigenvalue weighted by molar-refractivity contribution is 0.222. The third-order valence-corrected chi connectivity index (χ3v) is 5.56. The summed E-state index contributed by atoms with van der Waals surface area (Å²) in [6.45, 7) is 9.04. The van der Waals surface area contributed by atoms with Crippen LogP contribution in [-0.4, -0.2) is 37.3 Å². The molecule has 20 heavy (non-hydrogen) atoms. The Morgan fingerprint density at radius 1 is 1.35 bits per heavy atom. The molecule has 2 rings (SSSR count). The maximum atomic E-state index is 12.7. The van der Waals surface area contributed by atoms with Gasteiger partial charge in [-0.15, -0.1) is 0 Å². The molecule has 0 bridgehead atoms. The van der Waals surface area contributed by atoms with E-state index in [0.29, 0.717) is 36.4 Å². The highest BCUT2D eigenvalue weighted by molar-refractivity contribution is 7.89. The van der Waals surface area contributed by atoms with Gasteiger partial charge >= 0.3 is 0 Å². The normalized spacial score (nSPS) is 24.9. The number of hydrogen-bond acceptors (Lipinski definition) is 3. The fraction of sp³-hybridized carbons (Fsp3) is 0.714. The fourth-order valence-electron chi connectivity index (χ4n) is 2.88. The van der Waals surface area contributed by atoms with Gasteiger partial charge in [-0.1, -0.05) is 20.8 Å². The van der Waals surface area contributed by atoms with Crippen molar-refractivity contribution in [2.24, 2.45) is 11.8 Å². The third kappa shape index (κ3) is 3.42. The van der Waals surface area contributed by atoms with E-state index in [1.807, 2.05) is 6.92 Å². The number of rotatable bonds is 5. The van der Waals surface area contributed by atoms with Gasteiger partial charge in [0.2, 0.25) is 10.0 Å². The van der Waals surface area contributed by atoms with Crippen molar-refractivity contribution in [3.8, 4) is 0 Å². The molecule has 5 nitrogen and oxygen atoms in total. The summed E-state index contributed by atoms with van der Waals surface area (Å²) in [7, 11) is -3.36. The lowest BCUT2D eigenvalue weighted by Crippen LogP contribution is -2.42.